The Morgan fingerprint density at radius 1 is 0.629 bits per heavy atom. The normalized spacial score (nSPS) is 15.6. The van der Waals surface area contributed by atoms with Gasteiger partial charge in [0.2, 0.25) is 0 Å². The Bertz CT molecular complexity index is 4370. The molecule has 0 fully saturated rings. The van der Waals surface area contributed by atoms with Gasteiger partial charge >= 0.3 is 0 Å². The van der Waals surface area contributed by atoms with E-state index in [1.165, 1.54) is 35.0 Å². The van der Waals surface area contributed by atoms with Gasteiger partial charge in [0.1, 0.15) is 17.3 Å². The molecule has 11 aromatic rings. The van der Waals surface area contributed by atoms with E-state index in [9.17, 15) is 0 Å². The molecule has 0 N–H and O–H groups in total. The first kappa shape index (κ1) is 22.2. The molecule has 8 aromatic carbocycles. The van der Waals surface area contributed by atoms with Crippen molar-refractivity contribution in [2.75, 3.05) is 0 Å². The van der Waals surface area contributed by atoms with E-state index >= 15 is 0 Å². The molecule has 292 valence electrons. The molecule has 0 aliphatic carbocycles. The smallest absolute Gasteiger partial charge is 0.269 e. The molecule has 0 radical (unpaired) electrons. The van der Waals surface area contributed by atoms with E-state index in [4.69, 9.17) is 36.0 Å². The fourth-order valence-corrected chi connectivity index (χ4v) is 7.72. The highest BCUT2D eigenvalue weighted by Gasteiger charge is 2.21. The van der Waals surface area contributed by atoms with Crippen molar-refractivity contribution in [2.45, 2.75) is 6.85 Å². The van der Waals surface area contributed by atoms with Crippen molar-refractivity contribution in [2.24, 2.45) is 0 Å². The molecule has 0 amide bonds. The van der Waals surface area contributed by atoms with Crippen LogP contribution in [0, 0.1) is 19.8 Å². The number of fused-ring (bicyclic) bond motifs is 4. The van der Waals surface area contributed by atoms with E-state index in [-0.39, 0.29) is 56.1 Å². The van der Waals surface area contributed by atoms with Crippen LogP contribution in [-0.2, 0) is 0 Å². The van der Waals surface area contributed by atoms with E-state index < -0.39 is 97.5 Å². The number of hydrogen-bond acceptors (Lipinski definition) is 2. The minimum atomic E-state index is -2.82. The van der Waals surface area contributed by atoms with Crippen molar-refractivity contribution < 1.29 is 34.0 Å². The summed E-state index contributed by atoms with van der Waals surface area (Å²) in [7, 11) is 0. The van der Waals surface area contributed by atoms with E-state index in [2.05, 4.69) is 16.2 Å². The third-order valence-electron chi connectivity index (χ3n) is 10.4. The summed E-state index contributed by atoms with van der Waals surface area (Å²) >= 11 is 0. The molecular weight excluding hydrogens is 759 g/mol. The lowest BCUT2D eigenvalue weighted by Crippen LogP contribution is -2.31. The maximum Gasteiger partial charge on any atom is 0.269 e. The first-order valence-electron chi connectivity index (χ1n) is 28.1. The average molecular weight is 814 g/mol. The van der Waals surface area contributed by atoms with Crippen LogP contribution in [0.1, 0.15) is 30.2 Å². The topological polar surface area (TPSA) is 40.2 Å². The number of aromatic nitrogens is 4. The average Bonchev–Trinajstić information content (AvgIpc) is 4.19. The van der Waals surface area contributed by atoms with Crippen LogP contribution in [0.3, 0.4) is 0 Å². The number of hydrogen-bond donors (Lipinski definition) is 0. The number of nitrogens with zero attached hydrogens (tertiary/aromatic N) is 5. The number of aryl methyl sites for hydroxylation is 1. The molecule has 6 nitrogen and oxygen atoms in total. The SMILES string of the molecule is [2H]c1c([2H])c([2H])c(-c2cnc(-n3c4ccccc4c4ccc(Oc5cccc(-n6[c-][n+](-c7c(-c8c([2H])c([2H])c([2H])c([2H])c8[2H])cccc7-c7c([2H])c([2H])c([2H])c([2H])c7[2H])c7cc([N+]#[C-])ccc76)c5)cc43)cc2C([2H])([2H])[2H])c([2H])c1[2H]. The van der Waals surface area contributed by atoms with Gasteiger partial charge in [-0.2, -0.15) is 0 Å². The van der Waals surface area contributed by atoms with Crippen LogP contribution < -0.4 is 9.30 Å². The summed E-state index contributed by atoms with van der Waals surface area (Å²) in [5.74, 6) is 0.804. The Morgan fingerprint density at radius 3 is 2.00 bits per heavy atom. The van der Waals surface area contributed by atoms with Gasteiger partial charge in [0.05, 0.1) is 60.6 Å². The molecule has 0 bridgehead atoms. The molecular formula is C56H37N5O. The summed E-state index contributed by atoms with van der Waals surface area (Å²) in [6.45, 7) is 5.14. The van der Waals surface area contributed by atoms with Crippen molar-refractivity contribution in [3.05, 3.63) is 229 Å². The van der Waals surface area contributed by atoms with Gasteiger partial charge in [-0.15, -0.1) is 0 Å². The van der Waals surface area contributed by atoms with Gasteiger partial charge in [0.15, 0.2) is 5.69 Å². The summed E-state index contributed by atoms with van der Waals surface area (Å²) < 4.78 is 166. The van der Waals surface area contributed by atoms with E-state index in [1.807, 2.05) is 30.3 Å². The summed E-state index contributed by atoms with van der Waals surface area (Å²) in [6, 6.07) is 21.1. The van der Waals surface area contributed by atoms with Crippen molar-refractivity contribution in [3.8, 4) is 62.1 Å². The highest BCUT2D eigenvalue weighted by atomic mass is 16.5. The van der Waals surface area contributed by atoms with Crippen LogP contribution in [0.15, 0.2) is 206 Å². The number of ether oxygens (including phenoxy) is 1. The predicted octanol–water partition coefficient (Wildman–Crippen LogP) is 13.9. The summed E-state index contributed by atoms with van der Waals surface area (Å²) in [4.78, 5) is 8.32. The molecule has 3 heterocycles. The molecule has 62 heavy (non-hydrogen) atoms. The Balaban J connectivity index is 1.08. The summed E-state index contributed by atoms with van der Waals surface area (Å²) in [6.07, 6.45) is 4.53. The first-order chi connectivity index (χ1) is 38.0. The van der Waals surface area contributed by atoms with E-state index in [1.54, 1.807) is 63.7 Å². The predicted molar refractivity (Wildman–Crippen MR) is 250 cm³/mol. The second kappa shape index (κ2) is 15.3. The molecule has 6 heteroatoms. The molecule has 3 aromatic heterocycles. The first-order valence-corrected chi connectivity index (χ1v) is 19.1. The van der Waals surface area contributed by atoms with Crippen LogP contribution in [-0.4, -0.2) is 14.1 Å². The summed E-state index contributed by atoms with van der Waals surface area (Å²) in [5.41, 5.74) is 1.42. The maximum atomic E-state index is 9.04. The fraction of sp³-hybridized carbons (Fsp3) is 0.0179. The van der Waals surface area contributed by atoms with Crippen LogP contribution in [0.5, 0.6) is 11.5 Å². The minimum absolute atomic E-state index is 0.0238. The third kappa shape index (κ3) is 6.37. The number of imidazole rings is 1. The van der Waals surface area contributed by atoms with Crippen molar-refractivity contribution in [1.29, 1.82) is 0 Å². The standard InChI is InChI=1S/C56H37N5O/c1-38-32-55(58-36-50(38)41-20-10-5-11-21-41)61-51-27-13-12-24-48(51)49-30-29-45(35-53(49)61)62-44-23-14-22-43(34-44)59-37-60(54-33-42(57-2)28-31-52(54)59)56-46(39-16-6-3-7-17-39)25-15-26-47(56)40-18-8-4-9-19-40/h3-36H,1H3/i1D3,3D,4D,5D,6D,7D,8D,9D,10D,11D,16D,17D,18D,19D,20D,21D. The van der Waals surface area contributed by atoms with Crippen LogP contribution >= 0.6 is 0 Å². The van der Waals surface area contributed by atoms with Gasteiger partial charge < -0.3 is 4.74 Å². The Kier molecular flexibility index (Phi) is 5.46. The lowest BCUT2D eigenvalue weighted by atomic mass is 9.95. The third-order valence-corrected chi connectivity index (χ3v) is 10.4. The Morgan fingerprint density at radius 2 is 1.29 bits per heavy atom. The van der Waals surface area contributed by atoms with Crippen LogP contribution in [0.2, 0.25) is 0 Å². The zero-order valence-electron chi connectivity index (χ0n) is 50.1. The molecule has 0 unspecified atom stereocenters. The van der Waals surface area contributed by atoms with Gasteiger partial charge in [-0.25, -0.2) is 9.83 Å². The zero-order chi connectivity index (χ0) is 57.1. The lowest BCUT2D eigenvalue weighted by Gasteiger charge is -2.17. The molecule has 0 saturated heterocycles. The van der Waals surface area contributed by atoms with Gasteiger partial charge in [-0.1, -0.05) is 145 Å². The lowest BCUT2D eigenvalue weighted by molar-refractivity contribution is -0.571. The van der Waals surface area contributed by atoms with Crippen molar-refractivity contribution in [3.63, 3.8) is 0 Å². The number of pyridine rings is 1. The monoisotopic (exact) mass is 813 g/mol. The number of para-hydroxylation sites is 2. The quantitative estimate of drug-likeness (QED) is 0.113. The Hall–Kier alpha value is -8.53. The summed E-state index contributed by atoms with van der Waals surface area (Å²) in [5, 5.41) is 1.54. The molecule has 11 rings (SSSR count). The molecule has 0 atom stereocenters. The second-order valence-electron chi connectivity index (χ2n) is 14.0. The van der Waals surface area contributed by atoms with Gasteiger partial charge in [-0.05, 0) is 88.8 Å². The largest absolute Gasteiger partial charge is 0.458 e. The van der Waals surface area contributed by atoms with E-state index in [0.717, 1.165) is 10.8 Å². The number of benzene rings is 8. The number of rotatable bonds is 8. The van der Waals surface area contributed by atoms with Crippen molar-refractivity contribution >= 4 is 38.5 Å². The fourth-order valence-electron chi connectivity index (χ4n) is 7.72. The van der Waals surface area contributed by atoms with Gasteiger partial charge in [0, 0.05) is 32.7 Å². The van der Waals surface area contributed by atoms with Gasteiger partial charge in [0.25, 0.3) is 6.33 Å². The van der Waals surface area contributed by atoms with Crippen LogP contribution in [0.25, 0.3) is 88.3 Å². The molecule has 0 aliphatic heterocycles. The highest BCUT2D eigenvalue weighted by Crippen LogP contribution is 2.38. The van der Waals surface area contributed by atoms with Crippen LogP contribution in [0.4, 0.5) is 5.69 Å². The second-order valence-corrected chi connectivity index (χ2v) is 14.0. The highest BCUT2D eigenvalue weighted by molar-refractivity contribution is 6.09. The zero-order valence-corrected chi connectivity index (χ0v) is 32.1. The Labute approximate surface area is 384 Å². The molecule has 0 spiro atoms. The maximum absolute atomic E-state index is 9.04. The van der Waals surface area contributed by atoms with Gasteiger partial charge in [-0.3, -0.25) is 13.7 Å². The minimum Gasteiger partial charge on any atom is -0.458 e. The van der Waals surface area contributed by atoms with Crippen molar-refractivity contribution in [1.82, 2.24) is 14.1 Å². The van der Waals surface area contributed by atoms with E-state index in [0.29, 0.717) is 39.3 Å². The molecule has 0 saturated carbocycles. The molecule has 0 aliphatic rings.